The molecule has 4 aromatic heterocycles. The van der Waals surface area contributed by atoms with Crippen molar-refractivity contribution in [2.24, 2.45) is 7.05 Å². The molecule has 0 fully saturated rings. The number of aromatic nitrogens is 5. The van der Waals surface area contributed by atoms with Crippen LogP contribution in [0.4, 0.5) is 5.13 Å². The van der Waals surface area contributed by atoms with Crippen molar-refractivity contribution in [3.05, 3.63) is 48.7 Å². The largest absolute Gasteiger partial charge is 0.479 e. The molecule has 1 N–H and O–H groups in total. The molecule has 9 nitrogen and oxygen atoms in total. The normalized spacial score (nSPS) is 11.2. The number of amides is 1. The van der Waals surface area contributed by atoms with Crippen molar-refractivity contribution >= 4 is 43.7 Å². The molecule has 144 valence electrons. The van der Waals surface area contributed by atoms with Gasteiger partial charge in [0.2, 0.25) is 5.88 Å². The SMILES string of the molecule is COc1ncc(-c2cnn(C)c2)c2sc(NC(=O)c3ccc4ocnc4c3)nc12. The molecule has 0 aliphatic heterocycles. The zero-order valence-corrected chi connectivity index (χ0v) is 16.2. The van der Waals surface area contributed by atoms with E-state index in [0.29, 0.717) is 33.2 Å². The number of nitrogens with one attached hydrogen (secondary N) is 1. The average Bonchev–Trinajstić information content (AvgIpc) is 3.45. The van der Waals surface area contributed by atoms with Crippen LogP contribution in [-0.4, -0.2) is 37.7 Å². The van der Waals surface area contributed by atoms with E-state index in [-0.39, 0.29) is 5.91 Å². The lowest BCUT2D eigenvalue weighted by Crippen LogP contribution is -2.11. The van der Waals surface area contributed by atoms with Crippen LogP contribution in [0.15, 0.2) is 47.6 Å². The van der Waals surface area contributed by atoms with Crippen molar-refractivity contribution in [3.8, 4) is 17.0 Å². The number of anilines is 1. The minimum atomic E-state index is -0.288. The predicted molar refractivity (Wildman–Crippen MR) is 108 cm³/mol. The molecule has 1 aromatic carbocycles. The van der Waals surface area contributed by atoms with E-state index in [9.17, 15) is 4.79 Å². The van der Waals surface area contributed by atoms with Crippen LogP contribution in [0.2, 0.25) is 0 Å². The standard InChI is InChI=1S/C19H14N6O3S/c1-25-8-11(6-22-25)12-7-20-18(27-2)15-16(12)29-19(23-15)24-17(26)10-3-4-14-13(5-10)21-9-28-14/h3-9H,1-2H3,(H,23,24,26). The van der Waals surface area contributed by atoms with Crippen molar-refractivity contribution in [2.75, 3.05) is 12.4 Å². The maximum atomic E-state index is 12.7. The van der Waals surface area contributed by atoms with Gasteiger partial charge in [-0.3, -0.25) is 14.8 Å². The topological polar surface area (TPSA) is 108 Å². The van der Waals surface area contributed by atoms with Crippen LogP contribution in [0.25, 0.3) is 32.4 Å². The van der Waals surface area contributed by atoms with Crippen LogP contribution in [0.5, 0.6) is 5.88 Å². The summed E-state index contributed by atoms with van der Waals surface area (Å²) in [6.07, 6.45) is 6.72. The van der Waals surface area contributed by atoms with Crippen LogP contribution >= 0.6 is 11.3 Å². The monoisotopic (exact) mass is 406 g/mol. The van der Waals surface area contributed by atoms with E-state index >= 15 is 0 Å². The molecule has 0 bridgehead atoms. The lowest BCUT2D eigenvalue weighted by atomic mass is 10.1. The number of thiazole rings is 1. The van der Waals surface area contributed by atoms with E-state index < -0.39 is 0 Å². The van der Waals surface area contributed by atoms with Crippen molar-refractivity contribution in [3.63, 3.8) is 0 Å². The Hall–Kier alpha value is -3.79. The molecule has 0 saturated heterocycles. The van der Waals surface area contributed by atoms with Gasteiger partial charge in [0.1, 0.15) is 11.0 Å². The molecular weight excluding hydrogens is 392 g/mol. The molecule has 0 aliphatic carbocycles. The third kappa shape index (κ3) is 2.99. The summed E-state index contributed by atoms with van der Waals surface area (Å²) < 4.78 is 13.1. The van der Waals surface area contributed by atoms with E-state index in [2.05, 4.69) is 25.4 Å². The lowest BCUT2D eigenvalue weighted by molar-refractivity contribution is 0.102. The Labute approximate surface area is 168 Å². The van der Waals surface area contributed by atoms with E-state index in [1.54, 1.807) is 35.3 Å². The highest BCUT2D eigenvalue weighted by molar-refractivity contribution is 7.23. The van der Waals surface area contributed by atoms with E-state index in [1.165, 1.54) is 24.8 Å². The minimum Gasteiger partial charge on any atom is -0.479 e. The molecule has 0 radical (unpaired) electrons. The number of oxazole rings is 1. The first-order valence-corrected chi connectivity index (χ1v) is 9.41. The van der Waals surface area contributed by atoms with Gasteiger partial charge in [0.15, 0.2) is 17.1 Å². The molecule has 0 spiro atoms. The number of rotatable bonds is 4. The smallest absolute Gasteiger partial charge is 0.257 e. The Morgan fingerprint density at radius 3 is 2.97 bits per heavy atom. The Bertz CT molecular complexity index is 1370. The Balaban J connectivity index is 1.54. The summed E-state index contributed by atoms with van der Waals surface area (Å²) in [4.78, 5) is 25.7. The number of hydrogen-bond acceptors (Lipinski definition) is 8. The molecule has 0 aliphatic rings. The third-order valence-electron chi connectivity index (χ3n) is 4.41. The molecule has 10 heteroatoms. The molecule has 0 atom stereocenters. The highest BCUT2D eigenvalue weighted by Crippen LogP contribution is 2.38. The van der Waals surface area contributed by atoms with Crippen molar-refractivity contribution in [1.29, 1.82) is 0 Å². The van der Waals surface area contributed by atoms with Crippen molar-refractivity contribution in [2.45, 2.75) is 0 Å². The number of carbonyl (C=O) groups is 1. The first-order chi connectivity index (χ1) is 14.1. The van der Waals surface area contributed by atoms with Gasteiger partial charge in [-0.2, -0.15) is 5.10 Å². The fraction of sp³-hybridized carbons (Fsp3) is 0.105. The summed E-state index contributed by atoms with van der Waals surface area (Å²) in [5.74, 6) is 0.109. The van der Waals surface area contributed by atoms with Gasteiger partial charge < -0.3 is 9.15 Å². The quantitative estimate of drug-likeness (QED) is 0.487. The molecule has 1 amide bonds. The van der Waals surface area contributed by atoms with Crippen LogP contribution in [0.1, 0.15) is 10.4 Å². The molecule has 0 unspecified atom stereocenters. The summed E-state index contributed by atoms with van der Waals surface area (Å²) in [5, 5.41) is 7.51. The maximum absolute atomic E-state index is 12.7. The van der Waals surface area contributed by atoms with Crippen molar-refractivity contribution in [1.82, 2.24) is 24.7 Å². The molecular formula is C19H14N6O3S. The summed E-state index contributed by atoms with van der Waals surface area (Å²) in [6.45, 7) is 0. The van der Waals surface area contributed by atoms with Gasteiger partial charge in [0.25, 0.3) is 5.91 Å². The summed E-state index contributed by atoms with van der Waals surface area (Å²) in [6, 6.07) is 5.06. The van der Waals surface area contributed by atoms with Crippen LogP contribution in [0, 0.1) is 0 Å². The van der Waals surface area contributed by atoms with Crippen LogP contribution in [0.3, 0.4) is 0 Å². The fourth-order valence-electron chi connectivity index (χ4n) is 3.03. The molecule has 4 heterocycles. The number of aryl methyl sites for hydroxylation is 1. The second-order valence-corrected chi connectivity index (χ2v) is 7.27. The zero-order chi connectivity index (χ0) is 20.0. The van der Waals surface area contributed by atoms with Crippen LogP contribution < -0.4 is 10.1 Å². The van der Waals surface area contributed by atoms with Gasteiger partial charge in [-0.25, -0.2) is 15.0 Å². The number of nitrogens with zero attached hydrogens (tertiary/aromatic N) is 5. The molecule has 0 saturated carbocycles. The Morgan fingerprint density at radius 2 is 2.17 bits per heavy atom. The van der Waals surface area contributed by atoms with E-state index in [1.807, 2.05) is 13.2 Å². The van der Waals surface area contributed by atoms with Gasteiger partial charge in [-0.15, -0.1) is 0 Å². The highest BCUT2D eigenvalue weighted by Gasteiger charge is 2.18. The zero-order valence-electron chi connectivity index (χ0n) is 15.4. The maximum Gasteiger partial charge on any atom is 0.257 e. The average molecular weight is 406 g/mol. The first-order valence-electron chi connectivity index (χ1n) is 8.59. The van der Waals surface area contributed by atoms with Gasteiger partial charge in [0.05, 0.1) is 18.0 Å². The van der Waals surface area contributed by atoms with E-state index in [4.69, 9.17) is 9.15 Å². The number of pyridine rings is 1. The van der Waals surface area contributed by atoms with Crippen molar-refractivity contribution < 1.29 is 13.9 Å². The third-order valence-corrected chi connectivity index (χ3v) is 5.41. The van der Waals surface area contributed by atoms with E-state index in [0.717, 1.165) is 15.8 Å². The van der Waals surface area contributed by atoms with Gasteiger partial charge >= 0.3 is 0 Å². The first kappa shape index (κ1) is 17.3. The number of hydrogen-bond donors (Lipinski definition) is 1. The number of methoxy groups -OCH3 is 1. The van der Waals surface area contributed by atoms with Gasteiger partial charge in [-0.05, 0) is 18.2 Å². The second kappa shape index (κ2) is 6.67. The number of carbonyl (C=O) groups excluding carboxylic acids is 1. The second-order valence-electron chi connectivity index (χ2n) is 6.27. The predicted octanol–water partition coefficient (Wildman–Crippen LogP) is 3.49. The highest BCUT2D eigenvalue weighted by atomic mass is 32.1. The molecule has 29 heavy (non-hydrogen) atoms. The fourth-order valence-corrected chi connectivity index (χ4v) is 4.01. The van der Waals surface area contributed by atoms with Crippen LogP contribution in [-0.2, 0) is 7.05 Å². The molecule has 5 rings (SSSR count). The Kier molecular flexibility index (Phi) is 3.98. The number of fused-ring (bicyclic) bond motifs is 2. The summed E-state index contributed by atoms with van der Waals surface area (Å²) in [5.41, 5.74) is 4.07. The molecule has 5 aromatic rings. The summed E-state index contributed by atoms with van der Waals surface area (Å²) in [7, 11) is 3.39. The number of benzene rings is 1. The van der Waals surface area contributed by atoms with Gasteiger partial charge in [0, 0.05) is 36.1 Å². The minimum absolute atomic E-state index is 0.288. The summed E-state index contributed by atoms with van der Waals surface area (Å²) >= 11 is 1.35. The lowest BCUT2D eigenvalue weighted by Gasteiger charge is -2.02. The number of ether oxygens (including phenoxy) is 1. The Morgan fingerprint density at radius 1 is 1.28 bits per heavy atom. The van der Waals surface area contributed by atoms with Gasteiger partial charge in [-0.1, -0.05) is 11.3 Å².